The highest BCUT2D eigenvalue weighted by Gasteiger charge is 2.24. The molecule has 0 radical (unpaired) electrons. The van der Waals surface area contributed by atoms with Gasteiger partial charge in [0, 0.05) is 12.1 Å². The third-order valence-corrected chi connectivity index (χ3v) is 4.95. The summed E-state index contributed by atoms with van der Waals surface area (Å²) in [6.07, 6.45) is 1.58. The van der Waals surface area contributed by atoms with Gasteiger partial charge in [-0.3, -0.25) is 24.3 Å². The van der Waals surface area contributed by atoms with Crippen LogP contribution in [0.3, 0.4) is 0 Å². The molecule has 1 N–H and O–H groups in total. The van der Waals surface area contributed by atoms with Crippen LogP contribution in [0, 0.1) is 0 Å². The minimum atomic E-state index is -0.769. The first kappa shape index (κ1) is 21.4. The van der Waals surface area contributed by atoms with Crippen molar-refractivity contribution in [2.45, 2.75) is 59.2 Å². The molecule has 0 spiro atoms. The second-order valence-electron chi connectivity index (χ2n) is 6.85. The van der Waals surface area contributed by atoms with Gasteiger partial charge in [0.1, 0.15) is 6.54 Å². The van der Waals surface area contributed by atoms with Crippen LogP contribution in [-0.4, -0.2) is 45.2 Å². The number of rotatable bonds is 8. The second kappa shape index (κ2) is 9.34. The molecule has 0 bridgehead atoms. The highest BCUT2D eigenvalue weighted by atomic mass is 16.5. The standard InChI is InChI=1S/C20H27N3O5/c1-5-13(3)23(14(4)6-2)17(24)12-28-18(25)11-22-20(27)16-10-8-7-9-15(16)19(26)21-22/h7-10,13-14H,5-6,11-12H2,1-4H3,(H,21,26)/t13-,14+. The highest BCUT2D eigenvalue weighted by Crippen LogP contribution is 2.12. The van der Waals surface area contributed by atoms with Crippen molar-refractivity contribution in [1.82, 2.24) is 14.7 Å². The van der Waals surface area contributed by atoms with Crippen LogP contribution in [0.25, 0.3) is 10.8 Å². The van der Waals surface area contributed by atoms with Crippen LogP contribution in [0.5, 0.6) is 0 Å². The molecule has 0 aliphatic carbocycles. The molecule has 1 heterocycles. The van der Waals surface area contributed by atoms with Crippen LogP contribution >= 0.6 is 0 Å². The number of H-pyrrole nitrogens is 1. The van der Waals surface area contributed by atoms with Crippen molar-refractivity contribution >= 4 is 22.6 Å². The van der Waals surface area contributed by atoms with Crippen molar-refractivity contribution in [3.63, 3.8) is 0 Å². The number of benzene rings is 1. The lowest BCUT2D eigenvalue weighted by Gasteiger charge is -2.33. The number of nitrogens with one attached hydrogen (secondary N) is 1. The number of aromatic amines is 1. The van der Waals surface area contributed by atoms with Crippen LogP contribution < -0.4 is 11.1 Å². The third-order valence-electron chi connectivity index (χ3n) is 4.95. The summed E-state index contributed by atoms with van der Waals surface area (Å²) < 4.78 is 5.97. The van der Waals surface area contributed by atoms with Crippen LogP contribution in [0.4, 0.5) is 0 Å². The first-order chi connectivity index (χ1) is 13.3. The minimum absolute atomic E-state index is 0.0283. The lowest BCUT2D eigenvalue weighted by atomic mass is 10.1. The highest BCUT2D eigenvalue weighted by molar-refractivity contribution is 5.82. The third kappa shape index (κ3) is 4.68. The fourth-order valence-electron chi connectivity index (χ4n) is 3.07. The zero-order valence-corrected chi connectivity index (χ0v) is 16.7. The van der Waals surface area contributed by atoms with E-state index < -0.39 is 30.2 Å². The summed E-state index contributed by atoms with van der Waals surface area (Å²) in [6, 6.07) is 6.41. The van der Waals surface area contributed by atoms with Crippen LogP contribution in [-0.2, 0) is 20.9 Å². The molecule has 1 aromatic carbocycles. The maximum atomic E-state index is 12.5. The molecule has 8 heteroatoms. The summed E-state index contributed by atoms with van der Waals surface area (Å²) in [5, 5.41) is 2.84. The van der Waals surface area contributed by atoms with E-state index in [4.69, 9.17) is 4.74 Å². The quantitative estimate of drug-likeness (QED) is 0.692. The Balaban J connectivity index is 2.09. The summed E-state index contributed by atoms with van der Waals surface area (Å²) >= 11 is 0. The number of carbonyl (C=O) groups is 2. The van der Waals surface area contributed by atoms with Crippen molar-refractivity contribution in [2.75, 3.05) is 6.61 Å². The normalized spacial score (nSPS) is 13.1. The number of esters is 1. The van der Waals surface area contributed by atoms with E-state index in [9.17, 15) is 19.2 Å². The van der Waals surface area contributed by atoms with Gasteiger partial charge in [-0.1, -0.05) is 26.0 Å². The molecule has 2 aromatic rings. The Morgan fingerprint density at radius 2 is 1.64 bits per heavy atom. The van der Waals surface area contributed by atoms with E-state index in [2.05, 4.69) is 5.10 Å². The number of fused-ring (bicyclic) bond motifs is 1. The topological polar surface area (TPSA) is 101 Å². The Labute approximate surface area is 163 Å². The maximum absolute atomic E-state index is 12.5. The second-order valence-corrected chi connectivity index (χ2v) is 6.85. The Bertz CT molecular complexity index is 952. The van der Waals surface area contributed by atoms with Gasteiger partial charge in [0.2, 0.25) is 0 Å². The molecule has 0 saturated carbocycles. The number of carbonyl (C=O) groups excluding carboxylic acids is 2. The van der Waals surface area contributed by atoms with Crippen LogP contribution in [0.15, 0.2) is 33.9 Å². The summed E-state index contributed by atoms with van der Waals surface area (Å²) in [5.41, 5.74) is -0.974. The monoisotopic (exact) mass is 389 g/mol. The first-order valence-electron chi connectivity index (χ1n) is 9.48. The zero-order chi connectivity index (χ0) is 20.8. The average molecular weight is 389 g/mol. The van der Waals surface area contributed by atoms with E-state index in [-0.39, 0.29) is 28.8 Å². The van der Waals surface area contributed by atoms with E-state index >= 15 is 0 Å². The molecule has 0 aliphatic rings. The van der Waals surface area contributed by atoms with Gasteiger partial charge < -0.3 is 9.64 Å². The predicted molar refractivity (Wildman–Crippen MR) is 106 cm³/mol. The molecular formula is C20H27N3O5. The number of hydrogen-bond donors (Lipinski definition) is 1. The summed E-state index contributed by atoms with van der Waals surface area (Å²) in [7, 11) is 0. The van der Waals surface area contributed by atoms with Crippen molar-refractivity contribution in [3.05, 3.63) is 45.0 Å². The smallest absolute Gasteiger partial charge is 0.328 e. The van der Waals surface area contributed by atoms with E-state index in [1.807, 2.05) is 27.7 Å². The molecule has 0 saturated heterocycles. The Morgan fingerprint density at radius 1 is 1.07 bits per heavy atom. The van der Waals surface area contributed by atoms with Gasteiger partial charge in [-0.2, -0.15) is 0 Å². The maximum Gasteiger partial charge on any atom is 0.328 e. The van der Waals surface area contributed by atoms with Crippen LogP contribution in [0.2, 0.25) is 0 Å². The van der Waals surface area contributed by atoms with Crippen molar-refractivity contribution in [1.29, 1.82) is 0 Å². The van der Waals surface area contributed by atoms with E-state index in [0.29, 0.717) is 0 Å². The first-order valence-corrected chi connectivity index (χ1v) is 9.48. The lowest BCUT2D eigenvalue weighted by molar-refractivity contribution is -0.154. The summed E-state index contributed by atoms with van der Waals surface area (Å²) in [6.45, 7) is 7.00. The van der Waals surface area contributed by atoms with Gasteiger partial charge >= 0.3 is 5.97 Å². The van der Waals surface area contributed by atoms with Gasteiger partial charge in [-0.15, -0.1) is 0 Å². The van der Waals surface area contributed by atoms with Crippen LogP contribution in [0.1, 0.15) is 40.5 Å². The molecule has 0 fully saturated rings. The lowest BCUT2D eigenvalue weighted by Crippen LogP contribution is -2.46. The van der Waals surface area contributed by atoms with Crippen molar-refractivity contribution in [3.8, 4) is 0 Å². The fraction of sp³-hybridized carbons (Fsp3) is 0.500. The Kier molecular flexibility index (Phi) is 7.14. The molecule has 0 aliphatic heterocycles. The van der Waals surface area contributed by atoms with E-state index in [0.717, 1.165) is 17.5 Å². The van der Waals surface area contributed by atoms with E-state index in [1.54, 1.807) is 17.0 Å². The van der Waals surface area contributed by atoms with Gasteiger partial charge in [0.25, 0.3) is 17.0 Å². The summed E-state index contributed by atoms with van der Waals surface area (Å²) in [5.74, 6) is -1.05. The molecule has 0 unspecified atom stereocenters. The van der Waals surface area contributed by atoms with Gasteiger partial charge in [0.05, 0.1) is 10.8 Å². The number of ether oxygens (including phenoxy) is 1. The zero-order valence-electron chi connectivity index (χ0n) is 16.7. The molecule has 8 nitrogen and oxygen atoms in total. The molecule has 1 aromatic heterocycles. The fourth-order valence-corrected chi connectivity index (χ4v) is 3.07. The summed E-state index contributed by atoms with van der Waals surface area (Å²) in [4.78, 5) is 50.9. The molecule has 28 heavy (non-hydrogen) atoms. The van der Waals surface area contributed by atoms with Gasteiger partial charge in [0.15, 0.2) is 6.61 Å². The van der Waals surface area contributed by atoms with Gasteiger partial charge in [-0.05, 0) is 38.8 Å². The number of aromatic nitrogens is 2. The Morgan fingerprint density at radius 3 is 2.21 bits per heavy atom. The number of nitrogens with zero attached hydrogens (tertiary/aromatic N) is 2. The number of hydrogen-bond acceptors (Lipinski definition) is 5. The van der Waals surface area contributed by atoms with Gasteiger partial charge in [-0.25, -0.2) is 4.68 Å². The molecular weight excluding hydrogens is 362 g/mol. The molecule has 2 atom stereocenters. The number of amides is 1. The molecule has 152 valence electrons. The Hall–Kier alpha value is -2.90. The largest absolute Gasteiger partial charge is 0.454 e. The van der Waals surface area contributed by atoms with Crippen molar-refractivity contribution in [2.24, 2.45) is 0 Å². The minimum Gasteiger partial charge on any atom is -0.454 e. The average Bonchev–Trinajstić information content (AvgIpc) is 2.70. The molecule has 1 amide bonds. The SMILES string of the molecule is CC[C@@H](C)N(C(=O)COC(=O)Cn1[nH]c(=O)c2ccccc2c1=O)[C@@H](C)CC. The predicted octanol–water partition coefficient (Wildman–Crippen LogP) is 1.66. The van der Waals surface area contributed by atoms with E-state index in [1.165, 1.54) is 12.1 Å². The van der Waals surface area contributed by atoms with Crippen molar-refractivity contribution < 1.29 is 14.3 Å². The molecule has 2 rings (SSSR count).